The first-order valence-corrected chi connectivity index (χ1v) is 5.86. The molecule has 0 saturated heterocycles. The van der Waals surface area contributed by atoms with Crippen molar-refractivity contribution < 1.29 is 12.8 Å². The highest BCUT2D eigenvalue weighted by atomic mass is 79.9. The van der Waals surface area contributed by atoms with Gasteiger partial charge in [0.25, 0.3) is 0 Å². The van der Waals surface area contributed by atoms with Crippen LogP contribution in [0.25, 0.3) is 0 Å². The van der Waals surface area contributed by atoms with Gasteiger partial charge in [-0.05, 0) is 22.0 Å². The lowest BCUT2D eigenvalue weighted by Crippen LogP contribution is -2.11. The van der Waals surface area contributed by atoms with E-state index in [1.165, 1.54) is 0 Å². The molecule has 0 aliphatic rings. The first kappa shape index (κ1) is 10.4. The summed E-state index contributed by atoms with van der Waals surface area (Å²) >= 11 is 2.97. The normalized spacial score (nSPS) is 11.3. The van der Waals surface area contributed by atoms with Crippen molar-refractivity contribution >= 4 is 31.8 Å². The molecule has 0 aliphatic heterocycles. The molecule has 72 valence electrons. The number of sulfonamides is 1. The van der Waals surface area contributed by atoms with Crippen LogP contribution in [0, 0.1) is 5.82 Å². The summed E-state index contributed by atoms with van der Waals surface area (Å²) in [4.78, 5) is 3.55. The molecule has 0 amide bonds. The van der Waals surface area contributed by atoms with Gasteiger partial charge in [-0.15, -0.1) is 0 Å². The van der Waals surface area contributed by atoms with E-state index in [0.29, 0.717) is 0 Å². The highest BCUT2D eigenvalue weighted by Crippen LogP contribution is 2.20. The van der Waals surface area contributed by atoms with Crippen LogP contribution in [-0.4, -0.2) is 19.7 Å². The molecule has 0 radical (unpaired) electrons. The fourth-order valence-electron chi connectivity index (χ4n) is 0.665. The molecule has 1 aromatic rings. The van der Waals surface area contributed by atoms with Crippen molar-refractivity contribution in [3.63, 3.8) is 0 Å². The largest absolute Gasteiger partial charge is 0.267 e. The Morgan fingerprint density at radius 1 is 1.62 bits per heavy atom. The van der Waals surface area contributed by atoms with Gasteiger partial charge < -0.3 is 0 Å². The molecule has 1 heterocycles. The lowest BCUT2D eigenvalue weighted by atomic mass is 10.4. The Kier molecular flexibility index (Phi) is 2.87. The molecule has 0 spiro atoms. The summed E-state index contributed by atoms with van der Waals surface area (Å²) in [5.74, 6) is -0.463. The van der Waals surface area contributed by atoms with E-state index < -0.39 is 15.8 Å². The molecule has 0 atom stereocenters. The minimum Gasteiger partial charge on any atom is -0.267 e. The van der Waals surface area contributed by atoms with Gasteiger partial charge in [-0.3, -0.25) is 4.72 Å². The van der Waals surface area contributed by atoms with E-state index >= 15 is 0 Å². The smallest absolute Gasteiger partial charge is 0.231 e. The zero-order valence-corrected chi connectivity index (χ0v) is 8.99. The van der Waals surface area contributed by atoms with Crippen molar-refractivity contribution in [2.45, 2.75) is 0 Å². The molecule has 1 aromatic heterocycles. The molecule has 1 rings (SSSR count). The maximum Gasteiger partial charge on any atom is 0.231 e. The number of nitrogens with one attached hydrogen (secondary N) is 1. The third-order valence-electron chi connectivity index (χ3n) is 1.09. The minimum absolute atomic E-state index is 0.0731. The highest BCUT2D eigenvalue weighted by molar-refractivity contribution is 9.10. The van der Waals surface area contributed by atoms with Gasteiger partial charge in [0.15, 0.2) is 5.82 Å². The van der Waals surface area contributed by atoms with Crippen molar-refractivity contribution in [2.24, 2.45) is 0 Å². The van der Waals surface area contributed by atoms with Crippen LogP contribution in [0.15, 0.2) is 16.7 Å². The van der Waals surface area contributed by atoms with Crippen LogP contribution in [0.2, 0.25) is 0 Å². The Morgan fingerprint density at radius 3 is 2.69 bits per heavy atom. The number of halogens is 2. The molecule has 13 heavy (non-hydrogen) atoms. The van der Waals surface area contributed by atoms with E-state index in [9.17, 15) is 12.8 Å². The van der Waals surface area contributed by atoms with Gasteiger partial charge in [-0.25, -0.2) is 17.8 Å². The predicted molar refractivity (Wildman–Crippen MR) is 50.4 cm³/mol. The Hall–Kier alpha value is -0.690. The van der Waals surface area contributed by atoms with Gasteiger partial charge in [-0.1, -0.05) is 0 Å². The highest BCUT2D eigenvalue weighted by Gasteiger charge is 2.07. The molecular formula is C6H6BrFN2O2S. The van der Waals surface area contributed by atoms with Crippen LogP contribution in [0.3, 0.4) is 0 Å². The van der Waals surface area contributed by atoms with Crippen LogP contribution in [0.5, 0.6) is 0 Å². The minimum atomic E-state index is -3.38. The number of rotatable bonds is 2. The predicted octanol–water partition coefficient (Wildman–Crippen LogP) is 1.35. The van der Waals surface area contributed by atoms with Gasteiger partial charge in [0.2, 0.25) is 10.0 Å². The van der Waals surface area contributed by atoms with Crippen LogP contribution < -0.4 is 4.72 Å². The Balaban J connectivity index is 3.04. The van der Waals surface area contributed by atoms with Crippen molar-refractivity contribution in [2.75, 3.05) is 11.0 Å². The third-order valence-corrected chi connectivity index (χ3v) is 2.26. The lowest BCUT2D eigenvalue weighted by molar-refractivity contribution is 0.605. The number of anilines is 1. The fraction of sp³-hybridized carbons (Fsp3) is 0.167. The van der Waals surface area contributed by atoms with E-state index in [1.807, 2.05) is 0 Å². The molecule has 0 saturated carbocycles. The standard InChI is InChI=1S/C6H6BrFN2O2S/c1-13(11,12)10-6-5(7)2-4(8)3-9-6/h2-3H,1H3,(H,9,10). The Bertz CT molecular complexity index is 421. The van der Waals surface area contributed by atoms with Gasteiger partial charge in [0.1, 0.15) is 5.82 Å². The van der Waals surface area contributed by atoms with Crippen LogP contribution >= 0.6 is 15.9 Å². The van der Waals surface area contributed by atoms with Crippen molar-refractivity contribution in [1.29, 1.82) is 0 Å². The molecular weight excluding hydrogens is 263 g/mol. The number of hydrogen-bond donors (Lipinski definition) is 1. The zero-order valence-electron chi connectivity index (χ0n) is 6.58. The molecule has 0 aliphatic carbocycles. The zero-order chi connectivity index (χ0) is 10.1. The van der Waals surface area contributed by atoms with Crippen LogP contribution in [0.1, 0.15) is 0 Å². The molecule has 0 aromatic carbocycles. The summed E-state index contributed by atoms with van der Waals surface area (Å²) < 4.78 is 36.4. The van der Waals surface area contributed by atoms with E-state index in [4.69, 9.17) is 0 Å². The molecule has 7 heteroatoms. The van der Waals surface area contributed by atoms with E-state index in [1.54, 1.807) is 0 Å². The van der Waals surface area contributed by atoms with Gasteiger partial charge >= 0.3 is 0 Å². The second-order valence-corrected chi connectivity index (χ2v) is 4.96. The monoisotopic (exact) mass is 268 g/mol. The molecule has 0 bridgehead atoms. The second kappa shape index (κ2) is 3.59. The fourth-order valence-corrected chi connectivity index (χ4v) is 1.73. The van der Waals surface area contributed by atoms with E-state index in [0.717, 1.165) is 18.5 Å². The number of pyridine rings is 1. The maximum atomic E-state index is 12.5. The Morgan fingerprint density at radius 2 is 2.23 bits per heavy atom. The van der Waals surface area contributed by atoms with Crippen LogP contribution in [-0.2, 0) is 10.0 Å². The number of aromatic nitrogens is 1. The molecule has 1 N–H and O–H groups in total. The molecule has 0 unspecified atom stereocenters. The second-order valence-electron chi connectivity index (χ2n) is 2.36. The summed E-state index contributed by atoms with van der Waals surface area (Å²) in [6, 6.07) is 1.13. The topological polar surface area (TPSA) is 59.1 Å². The first-order valence-electron chi connectivity index (χ1n) is 3.17. The lowest BCUT2D eigenvalue weighted by Gasteiger charge is -2.03. The summed E-state index contributed by atoms with van der Waals surface area (Å²) in [6.07, 6.45) is 1.92. The average Bonchev–Trinajstić information content (AvgIpc) is 1.93. The first-order chi connectivity index (χ1) is 5.88. The summed E-state index contributed by atoms with van der Waals surface area (Å²) in [7, 11) is -3.38. The quantitative estimate of drug-likeness (QED) is 0.881. The molecule has 4 nitrogen and oxygen atoms in total. The van der Waals surface area contributed by atoms with Crippen molar-refractivity contribution in [1.82, 2.24) is 4.98 Å². The third kappa shape index (κ3) is 3.27. The van der Waals surface area contributed by atoms with Crippen molar-refractivity contribution in [3.8, 4) is 0 Å². The van der Waals surface area contributed by atoms with Gasteiger partial charge in [0.05, 0.1) is 16.9 Å². The number of hydrogen-bond acceptors (Lipinski definition) is 3. The van der Waals surface area contributed by atoms with E-state index in [-0.39, 0.29) is 10.3 Å². The van der Waals surface area contributed by atoms with Gasteiger partial charge in [0, 0.05) is 0 Å². The molecule has 0 fully saturated rings. The Labute approximate surface area is 83.4 Å². The SMILES string of the molecule is CS(=O)(=O)Nc1ncc(F)cc1Br. The number of nitrogens with zero attached hydrogens (tertiary/aromatic N) is 1. The average molecular weight is 269 g/mol. The van der Waals surface area contributed by atoms with Gasteiger partial charge in [-0.2, -0.15) is 0 Å². The van der Waals surface area contributed by atoms with E-state index in [2.05, 4.69) is 25.6 Å². The van der Waals surface area contributed by atoms with Crippen molar-refractivity contribution in [3.05, 3.63) is 22.6 Å². The maximum absolute atomic E-state index is 12.5. The summed E-state index contributed by atoms with van der Waals surface area (Å²) in [6.45, 7) is 0. The van der Waals surface area contributed by atoms with Crippen LogP contribution in [0.4, 0.5) is 10.2 Å². The summed E-state index contributed by atoms with van der Waals surface area (Å²) in [5.41, 5.74) is 0. The summed E-state index contributed by atoms with van der Waals surface area (Å²) in [5, 5.41) is 0.